The zero-order valence-electron chi connectivity index (χ0n) is 24.6. The maximum absolute atomic E-state index is 14.3. The maximum Gasteiger partial charge on any atom is 0.271 e. The molecule has 0 aliphatic carbocycles. The first kappa shape index (κ1) is 29.9. The molecule has 0 saturated heterocycles. The number of likely N-dealkylation sites (N-methyl/N-ethyl adjacent to an activating group) is 1. The molecule has 0 bridgehead atoms. The molecule has 0 spiro atoms. The van der Waals surface area contributed by atoms with Gasteiger partial charge in [0.15, 0.2) is 4.80 Å². The molecular weight excluding hydrogens is 617 g/mol. The Morgan fingerprint density at radius 2 is 1.86 bits per heavy atom. The van der Waals surface area contributed by atoms with E-state index in [1.807, 2.05) is 57.2 Å². The number of fused-ring (bicyclic) bond motifs is 2. The molecule has 224 valence electrons. The number of aromatic nitrogens is 1. The predicted molar refractivity (Wildman–Crippen MR) is 176 cm³/mol. The minimum absolute atomic E-state index is 0.166. The molecule has 0 radical (unpaired) electrons. The summed E-state index contributed by atoms with van der Waals surface area (Å²) in [6.07, 6.45) is 1.69. The van der Waals surface area contributed by atoms with Crippen molar-refractivity contribution in [1.29, 1.82) is 0 Å². The Bertz CT molecular complexity index is 2140. The van der Waals surface area contributed by atoms with Crippen molar-refractivity contribution in [2.24, 2.45) is 4.99 Å². The molecular formula is C34H29Cl2N3O4S. The first-order valence-corrected chi connectivity index (χ1v) is 15.8. The number of carbonyl (C=O) groups excluding carboxylic acids is 1. The van der Waals surface area contributed by atoms with Crippen molar-refractivity contribution in [1.82, 2.24) is 9.47 Å². The highest BCUT2D eigenvalue weighted by molar-refractivity contribution is 7.07. The molecule has 2 aromatic heterocycles. The highest BCUT2D eigenvalue weighted by Crippen LogP contribution is 2.40. The second-order valence-corrected chi connectivity index (χ2v) is 12.1. The number of allylic oxidation sites excluding steroid dienone is 1. The molecule has 1 aliphatic rings. The third kappa shape index (κ3) is 5.17. The Morgan fingerprint density at radius 1 is 1.09 bits per heavy atom. The Kier molecular flexibility index (Phi) is 8.24. The van der Waals surface area contributed by atoms with Crippen molar-refractivity contribution in [2.75, 3.05) is 20.2 Å². The normalized spacial score (nSPS) is 15.0. The molecule has 1 aliphatic heterocycles. The van der Waals surface area contributed by atoms with Gasteiger partial charge in [0.1, 0.15) is 23.3 Å². The first-order valence-electron chi connectivity index (χ1n) is 14.2. The number of halogens is 2. The zero-order chi connectivity index (χ0) is 31.1. The third-order valence-corrected chi connectivity index (χ3v) is 9.35. The number of amides is 1. The number of furan rings is 1. The van der Waals surface area contributed by atoms with E-state index in [0.29, 0.717) is 66.6 Å². The standard InChI is InChI=1S/C34H29Cl2N3O4S/c1-5-38(6-2)33(41)29-19(3)37-34-39(31(29)30-23-10-8-7-9-20(23)11-15-27(30)42-4)32(40)28(44-34)18-22-13-16-26(43-22)24-14-12-21(35)17-25(24)36/h7-18,31H,5-6H2,1-4H3/b28-18+/t31-/m1/s1. The van der Waals surface area contributed by atoms with Crippen molar-refractivity contribution in [3.63, 3.8) is 0 Å². The van der Waals surface area contributed by atoms with Crippen LogP contribution in [0.25, 0.3) is 28.2 Å². The predicted octanol–water partition coefficient (Wildman–Crippen LogP) is 6.83. The van der Waals surface area contributed by atoms with Crippen LogP contribution in [0.5, 0.6) is 5.75 Å². The van der Waals surface area contributed by atoms with Crippen molar-refractivity contribution >= 4 is 57.3 Å². The topological polar surface area (TPSA) is 77.0 Å². The lowest BCUT2D eigenvalue weighted by atomic mass is 9.90. The van der Waals surface area contributed by atoms with Gasteiger partial charge < -0.3 is 14.1 Å². The third-order valence-electron chi connectivity index (χ3n) is 7.82. The number of hydrogen-bond donors (Lipinski definition) is 0. The summed E-state index contributed by atoms with van der Waals surface area (Å²) in [7, 11) is 1.60. The number of benzene rings is 3. The molecule has 5 aromatic rings. The smallest absolute Gasteiger partial charge is 0.271 e. The summed E-state index contributed by atoms with van der Waals surface area (Å²) in [5.41, 5.74) is 2.15. The number of carbonyl (C=O) groups is 1. The van der Waals surface area contributed by atoms with Gasteiger partial charge in [-0.1, -0.05) is 64.9 Å². The molecule has 6 rings (SSSR count). The second-order valence-electron chi connectivity index (χ2n) is 10.3. The molecule has 0 saturated carbocycles. The van der Waals surface area contributed by atoms with Crippen LogP contribution in [0.2, 0.25) is 10.0 Å². The lowest BCUT2D eigenvalue weighted by Gasteiger charge is -2.30. The fourth-order valence-corrected chi connectivity index (χ4v) is 7.21. The lowest BCUT2D eigenvalue weighted by molar-refractivity contribution is -0.127. The van der Waals surface area contributed by atoms with E-state index in [4.69, 9.17) is 37.3 Å². The van der Waals surface area contributed by atoms with E-state index in [2.05, 4.69) is 0 Å². The number of hydrogen-bond acceptors (Lipinski definition) is 6. The van der Waals surface area contributed by atoms with Crippen LogP contribution in [0.15, 0.2) is 92.2 Å². The van der Waals surface area contributed by atoms with Gasteiger partial charge in [-0.2, -0.15) is 0 Å². The minimum atomic E-state index is -0.761. The van der Waals surface area contributed by atoms with E-state index in [0.717, 1.165) is 16.3 Å². The molecule has 3 heterocycles. The molecule has 10 heteroatoms. The minimum Gasteiger partial charge on any atom is -0.496 e. The molecule has 0 N–H and O–H groups in total. The molecule has 1 atom stereocenters. The lowest BCUT2D eigenvalue weighted by Crippen LogP contribution is -2.43. The van der Waals surface area contributed by atoms with E-state index in [1.165, 1.54) is 11.3 Å². The Labute approximate surface area is 267 Å². The second kappa shape index (κ2) is 12.1. The number of ether oxygens (including phenoxy) is 1. The van der Waals surface area contributed by atoms with Crippen molar-refractivity contribution in [3.8, 4) is 17.1 Å². The Hall–Kier alpha value is -4.11. The van der Waals surface area contributed by atoms with Gasteiger partial charge in [-0.25, -0.2) is 4.99 Å². The summed E-state index contributed by atoms with van der Waals surface area (Å²) in [6, 6.07) is 19.8. The average molecular weight is 647 g/mol. The summed E-state index contributed by atoms with van der Waals surface area (Å²) in [4.78, 5) is 35.5. The van der Waals surface area contributed by atoms with Crippen LogP contribution in [0.4, 0.5) is 0 Å². The van der Waals surface area contributed by atoms with Crippen LogP contribution in [0.3, 0.4) is 0 Å². The van der Waals surface area contributed by atoms with Gasteiger partial charge in [0.05, 0.1) is 27.9 Å². The highest BCUT2D eigenvalue weighted by Gasteiger charge is 2.36. The SMILES string of the molecule is CCN(CC)C(=O)C1=C(C)N=c2s/c(=C/c3ccc(-c4ccc(Cl)cc4Cl)o3)c(=O)n2[C@H]1c1c(OC)ccc2ccccc12. The number of methoxy groups -OCH3 is 1. The van der Waals surface area contributed by atoms with Gasteiger partial charge in [-0.3, -0.25) is 14.2 Å². The Balaban J connectivity index is 1.58. The van der Waals surface area contributed by atoms with Crippen LogP contribution >= 0.6 is 34.5 Å². The summed E-state index contributed by atoms with van der Waals surface area (Å²) in [6.45, 7) is 6.75. The van der Waals surface area contributed by atoms with E-state index < -0.39 is 6.04 Å². The van der Waals surface area contributed by atoms with Crippen LogP contribution in [0.1, 0.15) is 38.1 Å². The van der Waals surface area contributed by atoms with Crippen molar-refractivity contribution in [2.45, 2.75) is 26.8 Å². The van der Waals surface area contributed by atoms with Gasteiger partial charge in [0.2, 0.25) is 0 Å². The van der Waals surface area contributed by atoms with Gasteiger partial charge in [0.25, 0.3) is 11.5 Å². The van der Waals surface area contributed by atoms with Crippen molar-refractivity contribution in [3.05, 3.63) is 119 Å². The van der Waals surface area contributed by atoms with Crippen LogP contribution < -0.4 is 19.6 Å². The van der Waals surface area contributed by atoms with E-state index in [1.54, 1.807) is 53.0 Å². The average Bonchev–Trinajstić information content (AvgIpc) is 3.60. The van der Waals surface area contributed by atoms with Gasteiger partial charge in [-0.05, 0) is 67.9 Å². The number of rotatable bonds is 7. The molecule has 1 amide bonds. The monoisotopic (exact) mass is 645 g/mol. The fourth-order valence-electron chi connectivity index (χ4n) is 5.68. The van der Waals surface area contributed by atoms with Gasteiger partial charge >= 0.3 is 0 Å². The summed E-state index contributed by atoms with van der Waals surface area (Å²) < 4.78 is 14.0. The molecule has 0 fully saturated rings. The van der Waals surface area contributed by atoms with Gasteiger partial charge in [-0.15, -0.1) is 0 Å². The van der Waals surface area contributed by atoms with Crippen LogP contribution in [0, 0.1) is 0 Å². The van der Waals surface area contributed by atoms with Crippen molar-refractivity contribution < 1.29 is 13.9 Å². The molecule has 3 aromatic carbocycles. The highest BCUT2D eigenvalue weighted by atomic mass is 35.5. The van der Waals surface area contributed by atoms with E-state index >= 15 is 0 Å². The van der Waals surface area contributed by atoms with E-state index in [9.17, 15) is 9.59 Å². The summed E-state index contributed by atoms with van der Waals surface area (Å²) in [5, 5.41) is 2.85. The fraction of sp³-hybridized carbons (Fsp3) is 0.206. The number of thiazole rings is 1. The maximum atomic E-state index is 14.3. The van der Waals surface area contributed by atoms with E-state index in [-0.39, 0.29) is 11.5 Å². The molecule has 0 unspecified atom stereocenters. The first-order chi connectivity index (χ1) is 21.2. The van der Waals surface area contributed by atoms with Crippen LogP contribution in [-0.4, -0.2) is 35.6 Å². The van der Waals surface area contributed by atoms with Crippen LogP contribution in [-0.2, 0) is 4.79 Å². The quantitative estimate of drug-likeness (QED) is 0.194. The zero-order valence-corrected chi connectivity index (χ0v) is 26.9. The van der Waals surface area contributed by atoms with Gasteiger partial charge in [0, 0.05) is 35.3 Å². The largest absolute Gasteiger partial charge is 0.496 e. The molecule has 44 heavy (non-hydrogen) atoms. The summed E-state index contributed by atoms with van der Waals surface area (Å²) in [5.74, 6) is 1.44. The molecule has 7 nitrogen and oxygen atoms in total. The number of nitrogens with zero attached hydrogens (tertiary/aromatic N) is 3. The summed E-state index contributed by atoms with van der Waals surface area (Å²) >= 11 is 13.7. The Morgan fingerprint density at radius 3 is 2.59 bits per heavy atom.